The lowest BCUT2D eigenvalue weighted by Gasteiger charge is -2.20. The first kappa shape index (κ1) is 28.8. The summed E-state index contributed by atoms with van der Waals surface area (Å²) in [5.41, 5.74) is -1.19. The summed E-state index contributed by atoms with van der Waals surface area (Å²) in [4.78, 5) is 0. The molecule has 0 aliphatic heterocycles. The van der Waals surface area contributed by atoms with Crippen molar-refractivity contribution in [3.63, 3.8) is 0 Å². The van der Waals surface area contributed by atoms with E-state index < -0.39 is 58.2 Å². The summed E-state index contributed by atoms with van der Waals surface area (Å²) in [5.74, 6) is -12.7. The Labute approximate surface area is 223 Å². The third-order valence-corrected chi connectivity index (χ3v) is 5.95. The van der Waals surface area contributed by atoms with E-state index in [2.05, 4.69) is 4.74 Å². The molecule has 4 aromatic rings. The van der Waals surface area contributed by atoms with Gasteiger partial charge in [0.15, 0.2) is 29.1 Å². The van der Waals surface area contributed by atoms with E-state index in [1.165, 1.54) is 24.3 Å². The smallest absolute Gasteiger partial charge is 0.429 e. The monoisotopic (exact) mass is 566 g/mol. The van der Waals surface area contributed by atoms with Crippen molar-refractivity contribution in [2.45, 2.75) is 25.9 Å². The summed E-state index contributed by atoms with van der Waals surface area (Å²) in [6.07, 6.45) is -3.06. The Morgan fingerprint density at radius 2 is 1.12 bits per heavy atom. The van der Waals surface area contributed by atoms with Crippen molar-refractivity contribution in [3.8, 4) is 16.9 Å². The zero-order valence-corrected chi connectivity index (χ0v) is 20.7. The fourth-order valence-electron chi connectivity index (χ4n) is 3.98. The predicted molar refractivity (Wildman–Crippen MR) is 132 cm³/mol. The molecule has 0 aliphatic carbocycles. The Morgan fingerprint density at radius 3 is 1.60 bits per heavy atom. The number of alkyl halides is 2. The quantitative estimate of drug-likeness (QED) is 0.117. The van der Waals surface area contributed by atoms with Crippen LogP contribution in [-0.4, -0.2) is 0 Å². The van der Waals surface area contributed by atoms with Crippen molar-refractivity contribution in [1.82, 2.24) is 0 Å². The van der Waals surface area contributed by atoms with E-state index in [0.29, 0.717) is 12.1 Å². The first-order valence-corrected chi connectivity index (χ1v) is 11.9. The van der Waals surface area contributed by atoms with Gasteiger partial charge in [-0.1, -0.05) is 61.9 Å². The summed E-state index contributed by atoms with van der Waals surface area (Å²) in [6, 6.07) is 12.3. The summed E-state index contributed by atoms with van der Waals surface area (Å²) >= 11 is 0. The van der Waals surface area contributed by atoms with Crippen LogP contribution < -0.4 is 4.74 Å². The average Bonchev–Trinajstić information content (AvgIpc) is 2.90. The molecule has 0 aromatic heterocycles. The van der Waals surface area contributed by atoms with Crippen molar-refractivity contribution in [2.75, 3.05) is 0 Å². The highest BCUT2D eigenvalue weighted by Crippen LogP contribution is 2.38. The molecule has 0 radical (unpaired) electrons. The molecule has 0 atom stereocenters. The molecular weight excluding hydrogens is 547 g/mol. The zero-order chi connectivity index (χ0) is 29.2. The molecule has 0 saturated carbocycles. The molecule has 0 heterocycles. The number of halogens is 9. The highest BCUT2D eigenvalue weighted by Gasteiger charge is 2.41. The second-order valence-corrected chi connectivity index (χ2v) is 8.79. The van der Waals surface area contributed by atoms with E-state index in [0.717, 1.165) is 30.5 Å². The molecule has 208 valence electrons. The van der Waals surface area contributed by atoms with Gasteiger partial charge in [0.1, 0.15) is 22.9 Å². The van der Waals surface area contributed by atoms with Gasteiger partial charge in [-0.05, 0) is 35.2 Å². The van der Waals surface area contributed by atoms with Crippen molar-refractivity contribution in [1.29, 1.82) is 0 Å². The third kappa shape index (κ3) is 6.00. The first-order chi connectivity index (χ1) is 18.9. The number of hydrogen-bond donors (Lipinski definition) is 0. The predicted octanol–water partition coefficient (Wildman–Crippen LogP) is 9.89. The van der Waals surface area contributed by atoms with E-state index in [9.17, 15) is 39.5 Å². The van der Waals surface area contributed by atoms with E-state index in [1.807, 2.05) is 6.92 Å². The van der Waals surface area contributed by atoms with Crippen molar-refractivity contribution < 1.29 is 44.3 Å². The van der Waals surface area contributed by atoms with Crippen LogP contribution in [0, 0.1) is 29.1 Å². The second kappa shape index (κ2) is 11.5. The Morgan fingerprint density at radius 1 is 0.650 bits per heavy atom. The van der Waals surface area contributed by atoms with Gasteiger partial charge in [0.2, 0.25) is 0 Å². The molecule has 0 amide bonds. The van der Waals surface area contributed by atoms with Gasteiger partial charge in [0, 0.05) is 23.3 Å². The maximum Gasteiger partial charge on any atom is 0.432 e. The van der Waals surface area contributed by atoms with Gasteiger partial charge < -0.3 is 4.74 Å². The van der Waals surface area contributed by atoms with E-state index in [1.54, 1.807) is 12.1 Å². The Kier molecular flexibility index (Phi) is 8.27. The molecule has 4 aromatic carbocycles. The van der Waals surface area contributed by atoms with Crippen LogP contribution >= 0.6 is 0 Å². The van der Waals surface area contributed by atoms with Crippen LogP contribution in [0.15, 0.2) is 72.8 Å². The van der Waals surface area contributed by atoms with Crippen LogP contribution in [0.1, 0.15) is 35.6 Å². The fourth-order valence-corrected chi connectivity index (χ4v) is 3.98. The molecule has 40 heavy (non-hydrogen) atoms. The number of ether oxygens (including phenoxy) is 1. The standard InChI is InChI=1S/C30H19F9O/c1-2-3-16-4-6-18(7-5-16)27(35)28(36)19-10-8-17(9-11-19)20-12-22(31)26(23(32)13-20)30(38,39)40-21-14-24(33)29(37)25(34)15-21/h4-15H,2-3H2,1H3/b28-27+. The fraction of sp³-hybridized carbons (Fsp3) is 0.133. The molecule has 1 nitrogen and oxygen atoms in total. The van der Waals surface area contributed by atoms with Gasteiger partial charge in [-0.25, -0.2) is 30.7 Å². The molecule has 0 fully saturated rings. The molecule has 0 spiro atoms. The lowest BCUT2D eigenvalue weighted by molar-refractivity contribution is -0.189. The third-order valence-electron chi connectivity index (χ3n) is 5.95. The molecule has 0 unspecified atom stereocenters. The zero-order valence-electron chi connectivity index (χ0n) is 20.7. The Hall–Kier alpha value is -4.21. The Balaban J connectivity index is 1.59. The van der Waals surface area contributed by atoms with E-state index in [4.69, 9.17) is 0 Å². The maximum absolute atomic E-state index is 14.8. The number of benzene rings is 4. The van der Waals surface area contributed by atoms with Crippen molar-refractivity contribution in [2.24, 2.45) is 0 Å². The highest BCUT2D eigenvalue weighted by atomic mass is 19.3. The largest absolute Gasteiger partial charge is 0.432 e. The van der Waals surface area contributed by atoms with E-state index in [-0.39, 0.29) is 34.4 Å². The van der Waals surface area contributed by atoms with Gasteiger partial charge in [-0.15, -0.1) is 0 Å². The van der Waals surface area contributed by atoms with Gasteiger partial charge >= 0.3 is 6.11 Å². The second-order valence-electron chi connectivity index (χ2n) is 8.79. The molecular formula is C30H19F9O. The van der Waals surface area contributed by atoms with Crippen molar-refractivity contribution >= 4 is 11.7 Å². The number of aryl methyl sites for hydroxylation is 1. The topological polar surface area (TPSA) is 9.23 Å². The summed E-state index contributed by atoms with van der Waals surface area (Å²) in [5, 5.41) is 0. The lowest BCUT2D eigenvalue weighted by Crippen LogP contribution is -2.25. The number of rotatable bonds is 8. The highest BCUT2D eigenvalue weighted by molar-refractivity contribution is 5.83. The summed E-state index contributed by atoms with van der Waals surface area (Å²) in [6.45, 7) is 1.99. The van der Waals surface area contributed by atoms with E-state index >= 15 is 0 Å². The lowest BCUT2D eigenvalue weighted by atomic mass is 10.00. The molecule has 0 bridgehead atoms. The normalized spacial score (nSPS) is 12.3. The van der Waals surface area contributed by atoms with Gasteiger partial charge in [0.05, 0.1) is 0 Å². The average molecular weight is 566 g/mol. The minimum atomic E-state index is -4.74. The van der Waals surface area contributed by atoms with Gasteiger partial charge in [0.25, 0.3) is 0 Å². The molecule has 0 saturated heterocycles. The summed E-state index contributed by atoms with van der Waals surface area (Å²) < 4.78 is 132. The van der Waals surface area contributed by atoms with Crippen LogP contribution in [0.3, 0.4) is 0 Å². The molecule has 4 rings (SSSR count). The van der Waals surface area contributed by atoms with Crippen LogP contribution in [0.4, 0.5) is 39.5 Å². The minimum Gasteiger partial charge on any atom is -0.429 e. The first-order valence-electron chi connectivity index (χ1n) is 11.9. The van der Waals surface area contributed by atoms with Crippen LogP contribution in [0.25, 0.3) is 22.8 Å². The number of hydrogen-bond acceptors (Lipinski definition) is 1. The SMILES string of the molecule is CCCc1ccc(/C(F)=C(\F)c2ccc(-c3cc(F)c(C(F)(F)Oc4cc(F)c(F)c(F)c4)c(F)c3)cc2)cc1. The van der Waals surface area contributed by atoms with Gasteiger partial charge in [-0.3, -0.25) is 0 Å². The van der Waals surface area contributed by atoms with Crippen molar-refractivity contribution in [3.05, 3.63) is 124 Å². The van der Waals surface area contributed by atoms with Crippen LogP contribution in [0.5, 0.6) is 5.75 Å². The summed E-state index contributed by atoms with van der Waals surface area (Å²) in [7, 11) is 0. The minimum absolute atomic E-state index is 0.0235. The molecule has 0 aliphatic rings. The molecule has 0 N–H and O–H groups in total. The van der Waals surface area contributed by atoms with Crippen LogP contribution in [-0.2, 0) is 12.5 Å². The van der Waals surface area contributed by atoms with Crippen LogP contribution in [0.2, 0.25) is 0 Å². The Bertz CT molecular complexity index is 1510. The maximum atomic E-state index is 14.8. The molecule has 10 heteroatoms. The van der Waals surface area contributed by atoms with Gasteiger partial charge in [-0.2, -0.15) is 8.78 Å².